The van der Waals surface area contributed by atoms with Crippen molar-refractivity contribution in [3.05, 3.63) is 60.7 Å². The molecule has 4 heteroatoms. The van der Waals surface area contributed by atoms with Crippen LogP contribution in [0.25, 0.3) is 0 Å². The van der Waals surface area contributed by atoms with Crippen molar-refractivity contribution in [2.75, 3.05) is 0 Å². The Morgan fingerprint density at radius 3 is 1.83 bits per heavy atom. The second-order valence-corrected chi connectivity index (χ2v) is 17.6. The summed E-state index contributed by atoms with van der Waals surface area (Å²) in [6.07, 6.45) is 6.68. The Morgan fingerprint density at radius 2 is 1.36 bits per heavy atom. The molecular formula is C32H48O3Si. The lowest BCUT2D eigenvalue weighted by atomic mass is 9.79. The molecule has 0 amide bonds. The number of hydrogen-bond acceptors (Lipinski definition) is 3. The second kappa shape index (κ2) is 11.2. The van der Waals surface area contributed by atoms with Gasteiger partial charge in [-0.15, -0.1) is 0 Å². The molecule has 1 aliphatic rings. The maximum absolute atomic E-state index is 12.8. The highest BCUT2D eigenvalue weighted by Crippen LogP contribution is 2.41. The zero-order valence-corrected chi connectivity index (χ0v) is 24.9. The highest BCUT2D eigenvalue weighted by atomic mass is 28.4. The minimum atomic E-state index is -2.54. The molecule has 1 saturated carbocycles. The predicted molar refractivity (Wildman–Crippen MR) is 153 cm³/mol. The van der Waals surface area contributed by atoms with E-state index in [9.17, 15) is 4.79 Å². The smallest absolute Gasteiger partial charge is 0.312 e. The van der Waals surface area contributed by atoms with Gasteiger partial charge >= 0.3 is 5.97 Å². The summed E-state index contributed by atoms with van der Waals surface area (Å²) >= 11 is 0. The minimum absolute atomic E-state index is 0.0125. The summed E-state index contributed by atoms with van der Waals surface area (Å²) in [5.41, 5.74) is -0.924. The normalized spacial score (nSPS) is 19.7. The summed E-state index contributed by atoms with van der Waals surface area (Å²) < 4.78 is 13.1. The summed E-state index contributed by atoms with van der Waals surface area (Å²) in [4.78, 5) is 12.8. The lowest BCUT2D eigenvalue weighted by Gasteiger charge is -2.46. The number of ether oxygens (including phenoxy) is 1. The van der Waals surface area contributed by atoms with E-state index in [1.54, 1.807) is 0 Å². The van der Waals surface area contributed by atoms with Gasteiger partial charge in [-0.3, -0.25) is 4.79 Å². The monoisotopic (exact) mass is 508 g/mol. The maximum Gasteiger partial charge on any atom is 0.312 e. The Morgan fingerprint density at radius 1 is 0.833 bits per heavy atom. The molecule has 2 aromatic carbocycles. The molecule has 2 unspecified atom stereocenters. The SMILES string of the molecule is CC(C)(C)OC(=O)C(C)(C)CCC1CCCC(O[Si](c2ccccc2)(c2ccccc2)C(C)(C)C)C1. The van der Waals surface area contributed by atoms with Crippen LogP contribution in [0.15, 0.2) is 60.7 Å². The average molecular weight is 509 g/mol. The lowest BCUT2D eigenvalue weighted by Crippen LogP contribution is -2.67. The topological polar surface area (TPSA) is 35.5 Å². The molecule has 36 heavy (non-hydrogen) atoms. The van der Waals surface area contributed by atoms with Crippen LogP contribution in [-0.2, 0) is 14.0 Å². The van der Waals surface area contributed by atoms with Gasteiger partial charge < -0.3 is 9.16 Å². The van der Waals surface area contributed by atoms with E-state index >= 15 is 0 Å². The van der Waals surface area contributed by atoms with E-state index < -0.39 is 19.3 Å². The fraction of sp³-hybridized carbons (Fsp3) is 0.594. The van der Waals surface area contributed by atoms with E-state index in [1.165, 1.54) is 23.2 Å². The van der Waals surface area contributed by atoms with Crippen LogP contribution in [0, 0.1) is 11.3 Å². The summed E-state index contributed by atoms with van der Waals surface area (Å²) in [6, 6.07) is 21.9. The zero-order chi connectivity index (χ0) is 26.6. The van der Waals surface area contributed by atoms with Gasteiger partial charge in [0.15, 0.2) is 0 Å². The van der Waals surface area contributed by atoms with Gasteiger partial charge in [0.05, 0.1) is 5.41 Å². The first kappa shape index (κ1) is 28.7. The molecular weight excluding hydrogens is 460 g/mol. The first-order valence-corrected chi connectivity index (χ1v) is 15.7. The molecule has 0 aromatic heterocycles. The molecule has 2 aromatic rings. The van der Waals surface area contributed by atoms with E-state index in [2.05, 4.69) is 81.4 Å². The summed E-state index contributed by atoms with van der Waals surface area (Å²) in [5, 5.41) is 2.68. The lowest BCUT2D eigenvalue weighted by molar-refractivity contribution is -0.166. The highest BCUT2D eigenvalue weighted by molar-refractivity contribution is 6.99. The third-order valence-corrected chi connectivity index (χ3v) is 12.7. The number of carbonyl (C=O) groups is 1. The molecule has 0 aliphatic heterocycles. The van der Waals surface area contributed by atoms with Crippen molar-refractivity contribution >= 4 is 24.7 Å². The van der Waals surface area contributed by atoms with Gasteiger partial charge in [0.1, 0.15) is 5.60 Å². The van der Waals surface area contributed by atoms with Gasteiger partial charge in [0, 0.05) is 6.10 Å². The quantitative estimate of drug-likeness (QED) is 0.278. The van der Waals surface area contributed by atoms with Crippen LogP contribution in [0.3, 0.4) is 0 Å². The van der Waals surface area contributed by atoms with Crippen molar-refractivity contribution in [1.29, 1.82) is 0 Å². The molecule has 3 rings (SSSR count). The fourth-order valence-corrected chi connectivity index (χ4v) is 10.4. The van der Waals surface area contributed by atoms with E-state index in [0.29, 0.717) is 5.92 Å². The summed E-state index contributed by atoms with van der Waals surface area (Å²) in [6.45, 7) is 16.9. The van der Waals surface area contributed by atoms with Gasteiger partial charge in [-0.2, -0.15) is 0 Å². The number of hydrogen-bond donors (Lipinski definition) is 0. The summed E-state index contributed by atoms with van der Waals surface area (Å²) in [7, 11) is -2.54. The molecule has 0 heterocycles. The van der Waals surface area contributed by atoms with Gasteiger partial charge in [-0.05, 0) is 81.6 Å². The third kappa shape index (κ3) is 6.89. The molecule has 198 valence electrons. The first-order chi connectivity index (χ1) is 16.7. The minimum Gasteiger partial charge on any atom is -0.460 e. The van der Waals surface area contributed by atoms with E-state index in [-0.39, 0.29) is 17.1 Å². The molecule has 0 N–H and O–H groups in total. The van der Waals surface area contributed by atoms with Gasteiger partial charge in [0.25, 0.3) is 8.32 Å². The molecule has 0 bridgehead atoms. The maximum atomic E-state index is 12.8. The zero-order valence-electron chi connectivity index (χ0n) is 23.9. The number of rotatable bonds is 8. The standard InChI is InChI=1S/C32H48O3Si/c1-30(2,3)34-29(33)32(7,8)23-22-25-16-15-17-26(24-25)35-36(31(4,5)6,27-18-11-9-12-19-27)28-20-13-10-14-21-28/h9-14,18-21,25-26H,15-17,22-24H2,1-8H3. The molecule has 1 fully saturated rings. The molecule has 0 spiro atoms. The molecule has 0 radical (unpaired) electrons. The van der Waals surface area contributed by atoms with Crippen molar-refractivity contribution in [2.45, 2.75) is 111 Å². The average Bonchev–Trinajstić information content (AvgIpc) is 2.81. The Bertz CT molecular complexity index is 930. The third-order valence-electron chi connectivity index (χ3n) is 7.62. The molecule has 0 saturated heterocycles. The van der Waals surface area contributed by atoms with Crippen LogP contribution in [0.5, 0.6) is 0 Å². The largest absolute Gasteiger partial charge is 0.460 e. The molecule has 3 nitrogen and oxygen atoms in total. The molecule has 1 aliphatic carbocycles. The number of benzene rings is 2. The van der Waals surface area contributed by atoms with Gasteiger partial charge in [-0.25, -0.2) is 0 Å². The van der Waals surface area contributed by atoms with Crippen LogP contribution in [-0.4, -0.2) is 26.0 Å². The van der Waals surface area contributed by atoms with Gasteiger partial charge in [-0.1, -0.05) is 94.3 Å². The van der Waals surface area contributed by atoms with E-state index in [4.69, 9.17) is 9.16 Å². The van der Waals surface area contributed by atoms with Crippen LogP contribution in [0.4, 0.5) is 0 Å². The van der Waals surface area contributed by atoms with E-state index in [0.717, 1.165) is 25.7 Å². The van der Waals surface area contributed by atoms with Crippen LogP contribution in [0.2, 0.25) is 5.04 Å². The number of carbonyl (C=O) groups excluding carboxylic acids is 1. The van der Waals surface area contributed by atoms with Crippen LogP contribution < -0.4 is 10.4 Å². The highest BCUT2D eigenvalue weighted by Gasteiger charge is 2.51. The second-order valence-electron chi connectivity index (χ2n) is 13.4. The Labute approximate surface area is 221 Å². The van der Waals surface area contributed by atoms with Crippen LogP contribution in [0.1, 0.15) is 93.9 Å². The van der Waals surface area contributed by atoms with Crippen molar-refractivity contribution in [3.63, 3.8) is 0 Å². The Balaban J connectivity index is 1.81. The number of esters is 1. The van der Waals surface area contributed by atoms with Crippen molar-refractivity contribution in [3.8, 4) is 0 Å². The van der Waals surface area contributed by atoms with Crippen molar-refractivity contribution in [1.82, 2.24) is 0 Å². The van der Waals surface area contributed by atoms with Crippen molar-refractivity contribution < 1.29 is 14.0 Å². The van der Waals surface area contributed by atoms with Crippen LogP contribution >= 0.6 is 0 Å². The van der Waals surface area contributed by atoms with E-state index in [1.807, 2.05) is 34.6 Å². The first-order valence-electron chi connectivity index (χ1n) is 13.8. The Hall–Kier alpha value is -1.91. The van der Waals surface area contributed by atoms with Gasteiger partial charge in [0.2, 0.25) is 0 Å². The summed E-state index contributed by atoms with van der Waals surface area (Å²) in [5.74, 6) is 0.481. The molecule has 2 atom stereocenters. The Kier molecular flexibility index (Phi) is 8.94. The van der Waals surface area contributed by atoms with Crippen molar-refractivity contribution in [2.24, 2.45) is 11.3 Å². The fourth-order valence-electron chi connectivity index (χ4n) is 5.64. The predicted octanol–water partition coefficient (Wildman–Crippen LogP) is 7.27.